The normalized spacial score (nSPS) is 25.5. The molecule has 0 amide bonds. The number of halogens is 1. The SMILES string of the molecule is CS(=O)(=O)N1C[C@@H](N)[C@H](c2ccccc2)C1.Cl. The number of rotatable bonds is 2. The van der Waals surface area contributed by atoms with Crippen LogP contribution >= 0.6 is 12.4 Å². The van der Waals surface area contributed by atoms with E-state index in [-0.39, 0.29) is 24.4 Å². The smallest absolute Gasteiger partial charge is 0.211 e. The van der Waals surface area contributed by atoms with Gasteiger partial charge in [-0.2, -0.15) is 4.31 Å². The maximum Gasteiger partial charge on any atom is 0.211 e. The second-order valence-electron chi connectivity index (χ2n) is 4.26. The van der Waals surface area contributed by atoms with Crippen molar-refractivity contribution in [1.29, 1.82) is 0 Å². The molecular weight excluding hydrogens is 260 g/mol. The zero-order valence-corrected chi connectivity index (χ0v) is 11.2. The molecule has 6 heteroatoms. The lowest BCUT2D eigenvalue weighted by molar-refractivity contribution is 0.475. The molecule has 2 rings (SSSR count). The molecule has 4 nitrogen and oxygen atoms in total. The summed E-state index contributed by atoms with van der Waals surface area (Å²) in [5, 5.41) is 0. The summed E-state index contributed by atoms with van der Waals surface area (Å²) in [5.74, 6) is 0.107. The van der Waals surface area contributed by atoms with Crippen LogP contribution in [0.25, 0.3) is 0 Å². The van der Waals surface area contributed by atoms with Gasteiger partial charge >= 0.3 is 0 Å². The molecule has 2 N–H and O–H groups in total. The van der Waals surface area contributed by atoms with E-state index < -0.39 is 10.0 Å². The molecule has 0 bridgehead atoms. The predicted molar refractivity (Wildman–Crippen MR) is 70.8 cm³/mol. The Bertz CT molecular complexity index is 464. The van der Waals surface area contributed by atoms with Gasteiger partial charge in [-0.1, -0.05) is 30.3 Å². The molecule has 0 spiro atoms. The number of nitrogens with two attached hydrogens (primary N) is 1. The predicted octanol–water partition coefficient (Wildman–Crippen LogP) is 0.794. The Kier molecular flexibility index (Phi) is 4.55. The monoisotopic (exact) mass is 276 g/mol. The molecule has 0 radical (unpaired) electrons. The summed E-state index contributed by atoms with van der Waals surface area (Å²) in [6.45, 7) is 0.905. The summed E-state index contributed by atoms with van der Waals surface area (Å²) in [7, 11) is -3.12. The third-order valence-corrected chi connectivity index (χ3v) is 4.26. The van der Waals surface area contributed by atoms with Gasteiger partial charge in [0.05, 0.1) is 6.26 Å². The lowest BCUT2D eigenvalue weighted by atomic mass is 9.95. The van der Waals surface area contributed by atoms with E-state index in [9.17, 15) is 8.42 Å². The minimum absolute atomic E-state index is 0. The Labute approximate surface area is 108 Å². The van der Waals surface area contributed by atoms with Crippen molar-refractivity contribution < 1.29 is 8.42 Å². The van der Waals surface area contributed by atoms with Gasteiger partial charge in [-0.15, -0.1) is 12.4 Å². The van der Waals surface area contributed by atoms with E-state index in [1.807, 2.05) is 30.3 Å². The lowest BCUT2D eigenvalue weighted by Crippen LogP contribution is -2.31. The van der Waals surface area contributed by atoms with Gasteiger partial charge in [0, 0.05) is 25.0 Å². The van der Waals surface area contributed by atoms with Crippen LogP contribution in [0.3, 0.4) is 0 Å². The van der Waals surface area contributed by atoms with E-state index in [0.717, 1.165) is 5.56 Å². The van der Waals surface area contributed by atoms with Crippen LogP contribution in [0.1, 0.15) is 11.5 Å². The average Bonchev–Trinajstić information content (AvgIpc) is 2.61. The molecule has 17 heavy (non-hydrogen) atoms. The molecule has 0 aliphatic carbocycles. The number of sulfonamides is 1. The van der Waals surface area contributed by atoms with Gasteiger partial charge in [0.2, 0.25) is 10.0 Å². The second kappa shape index (κ2) is 5.35. The highest BCUT2D eigenvalue weighted by atomic mass is 35.5. The van der Waals surface area contributed by atoms with E-state index in [1.54, 1.807) is 0 Å². The van der Waals surface area contributed by atoms with Crippen molar-refractivity contribution in [3.8, 4) is 0 Å². The highest BCUT2D eigenvalue weighted by molar-refractivity contribution is 7.88. The molecule has 1 aromatic rings. The molecule has 2 atom stereocenters. The second-order valence-corrected chi connectivity index (χ2v) is 6.24. The summed E-state index contributed by atoms with van der Waals surface area (Å²) in [5.41, 5.74) is 7.10. The van der Waals surface area contributed by atoms with Crippen molar-refractivity contribution in [2.45, 2.75) is 12.0 Å². The van der Waals surface area contributed by atoms with Gasteiger partial charge in [0.15, 0.2) is 0 Å². The Hall–Kier alpha value is -0.620. The number of benzene rings is 1. The highest BCUT2D eigenvalue weighted by Crippen LogP contribution is 2.27. The van der Waals surface area contributed by atoms with Crippen LogP contribution < -0.4 is 5.73 Å². The van der Waals surface area contributed by atoms with Crippen LogP contribution in [-0.4, -0.2) is 38.1 Å². The maximum absolute atomic E-state index is 11.4. The minimum atomic E-state index is -3.12. The summed E-state index contributed by atoms with van der Waals surface area (Å²) in [6, 6.07) is 9.72. The molecule has 96 valence electrons. The number of hydrogen-bond acceptors (Lipinski definition) is 3. The molecule has 1 heterocycles. The van der Waals surface area contributed by atoms with E-state index in [2.05, 4.69) is 0 Å². The standard InChI is InChI=1S/C11H16N2O2S.ClH/c1-16(14,15)13-7-10(11(12)8-13)9-5-3-2-4-6-9;/h2-6,10-11H,7-8,12H2,1H3;1H/t10-,11+;/m0./s1. The Balaban J connectivity index is 0.00000144. The van der Waals surface area contributed by atoms with Crippen LogP contribution in [0.2, 0.25) is 0 Å². The largest absolute Gasteiger partial charge is 0.326 e. The highest BCUT2D eigenvalue weighted by Gasteiger charge is 2.35. The number of hydrogen-bond donors (Lipinski definition) is 1. The fourth-order valence-corrected chi connectivity index (χ4v) is 2.99. The third kappa shape index (κ3) is 3.19. The Morgan fingerprint density at radius 1 is 1.24 bits per heavy atom. The van der Waals surface area contributed by atoms with Crippen molar-refractivity contribution in [3.05, 3.63) is 35.9 Å². The number of nitrogens with zero attached hydrogens (tertiary/aromatic N) is 1. The van der Waals surface area contributed by atoms with Crippen molar-refractivity contribution in [3.63, 3.8) is 0 Å². The zero-order chi connectivity index (χ0) is 11.8. The van der Waals surface area contributed by atoms with Crippen LogP contribution in [0.15, 0.2) is 30.3 Å². The van der Waals surface area contributed by atoms with E-state index in [1.165, 1.54) is 10.6 Å². The van der Waals surface area contributed by atoms with Gasteiger partial charge in [-0.05, 0) is 5.56 Å². The van der Waals surface area contributed by atoms with Crippen LogP contribution in [0.4, 0.5) is 0 Å². The van der Waals surface area contributed by atoms with Crippen molar-refractivity contribution in [2.24, 2.45) is 5.73 Å². The molecule has 1 fully saturated rings. The summed E-state index contributed by atoms with van der Waals surface area (Å²) < 4.78 is 24.3. The van der Waals surface area contributed by atoms with Gasteiger partial charge in [-0.3, -0.25) is 0 Å². The van der Waals surface area contributed by atoms with E-state index >= 15 is 0 Å². The molecule has 0 unspecified atom stereocenters. The average molecular weight is 277 g/mol. The first kappa shape index (κ1) is 14.4. The van der Waals surface area contributed by atoms with E-state index in [4.69, 9.17) is 5.73 Å². The lowest BCUT2D eigenvalue weighted by Gasteiger charge is -2.14. The van der Waals surface area contributed by atoms with Crippen LogP contribution in [-0.2, 0) is 10.0 Å². The molecular formula is C11H17ClN2O2S. The summed E-state index contributed by atoms with van der Waals surface area (Å²) >= 11 is 0. The van der Waals surface area contributed by atoms with Crippen molar-refractivity contribution >= 4 is 22.4 Å². The molecule has 1 aromatic carbocycles. The summed E-state index contributed by atoms with van der Waals surface area (Å²) in [4.78, 5) is 0. The fourth-order valence-electron chi connectivity index (χ4n) is 2.12. The van der Waals surface area contributed by atoms with Crippen LogP contribution in [0, 0.1) is 0 Å². The van der Waals surface area contributed by atoms with Crippen molar-refractivity contribution in [2.75, 3.05) is 19.3 Å². The molecule has 0 aromatic heterocycles. The van der Waals surface area contributed by atoms with Gasteiger partial charge in [-0.25, -0.2) is 8.42 Å². The molecule has 0 saturated carbocycles. The van der Waals surface area contributed by atoms with E-state index in [0.29, 0.717) is 13.1 Å². The van der Waals surface area contributed by atoms with Gasteiger partial charge < -0.3 is 5.73 Å². The first-order chi connectivity index (χ1) is 7.48. The summed E-state index contributed by atoms with van der Waals surface area (Å²) in [6.07, 6.45) is 1.23. The zero-order valence-electron chi connectivity index (χ0n) is 9.61. The van der Waals surface area contributed by atoms with Crippen LogP contribution in [0.5, 0.6) is 0 Å². The first-order valence-corrected chi connectivity index (χ1v) is 7.09. The quantitative estimate of drug-likeness (QED) is 0.869. The van der Waals surface area contributed by atoms with Gasteiger partial charge in [0.25, 0.3) is 0 Å². The van der Waals surface area contributed by atoms with Crippen molar-refractivity contribution in [1.82, 2.24) is 4.31 Å². The van der Waals surface area contributed by atoms with Gasteiger partial charge in [0.1, 0.15) is 0 Å². The third-order valence-electron chi connectivity index (χ3n) is 3.03. The maximum atomic E-state index is 11.4. The molecule has 1 saturated heterocycles. The topological polar surface area (TPSA) is 63.4 Å². The molecule has 1 aliphatic heterocycles. The first-order valence-electron chi connectivity index (χ1n) is 5.24. The molecule has 1 aliphatic rings. The fraction of sp³-hybridized carbons (Fsp3) is 0.455. The Morgan fingerprint density at radius 2 is 1.82 bits per heavy atom. The minimum Gasteiger partial charge on any atom is -0.326 e. The Morgan fingerprint density at radius 3 is 2.29 bits per heavy atom.